The monoisotopic (exact) mass is 163 g/mol. The second-order valence-electron chi connectivity index (χ2n) is 2.80. The lowest BCUT2D eigenvalue weighted by Crippen LogP contribution is -2.32. The van der Waals surface area contributed by atoms with Gasteiger partial charge < -0.3 is 0 Å². The van der Waals surface area contributed by atoms with E-state index >= 15 is 0 Å². The van der Waals surface area contributed by atoms with Gasteiger partial charge in [0.1, 0.15) is 0 Å². The fourth-order valence-electron chi connectivity index (χ4n) is 1.67. The number of hydrogen-bond donors (Lipinski definition) is 1. The van der Waals surface area contributed by atoms with Crippen LogP contribution in [0.15, 0.2) is 16.9 Å². The van der Waals surface area contributed by atoms with Gasteiger partial charge in [-0.15, -0.1) is 0 Å². The van der Waals surface area contributed by atoms with Crippen molar-refractivity contribution in [3.05, 3.63) is 32.3 Å². The second kappa shape index (κ2) is 1.56. The van der Waals surface area contributed by atoms with E-state index in [0.29, 0.717) is 0 Å². The predicted octanol–water partition coefficient (Wildman–Crippen LogP) is -0.289. The molecule has 0 saturated heterocycles. The second-order valence-corrected chi connectivity index (χ2v) is 3.61. The average Bonchev–Trinajstić information content (AvgIpc) is 2.60. The van der Waals surface area contributed by atoms with Crippen LogP contribution in [-0.2, 0) is 0 Å². The minimum absolute atomic E-state index is 0.0827. The molecule has 3 rings (SSSR count). The molecule has 3 heteroatoms. The predicted molar refractivity (Wildman–Crippen MR) is 44.8 cm³/mol. The maximum absolute atomic E-state index is 11.2. The van der Waals surface area contributed by atoms with Crippen molar-refractivity contribution in [2.24, 2.45) is 0 Å². The lowest BCUT2D eigenvalue weighted by atomic mass is 10.2. The topological polar surface area (TPSA) is 32.9 Å². The highest BCUT2D eigenvalue weighted by molar-refractivity contribution is 7.03. The van der Waals surface area contributed by atoms with Crippen molar-refractivity contribution >= 4 is 22.7 Å². The highest BCUT2D eigenvalue weighted by Crippen LogP contribution is 2.24. The van der Waals surface area contributed by atoms with E-state index in [-0.39, 0.29) is 5.56 Å². The van der Waals surface area contributed by atoms with Crippen LogP contribution in [-0.4, -0.2) is 4.37 Å². The van der Waals surface area contributed by atoms with Gasteiger partial charge in [0.25, 0.3) is 5.56 Å². The minimum atomic E-state index is 0.0827. The summed E-state index contributed by atoms with van der Waals surface area (Å²) in [5.74, 6) is 0. The molecule has 2 bridgehead atoms. The van der Waals surface area contributed by atoms with Crippen molar-refractivity contribution < 1.29 is 0 Å². The molecule has 0 saturated carbocycles. The van der Waals surface area contributed by atoms with Gasteiger partial charge in [-0.2, -0.15) is 0 Å². The molecule has 2 aliphatic rings. The molecule has 1 aromatic rings. The number of aromatic nitrogens is 1. The van der Waals surface area contributed by atoms with E-state index < -0.39 is 0 Å². The lowest BCUT2D eigenvalue weighted by molar-refractivity contribution is 1.37. The van der Waals surface area contributed by atoms with Crippen molar-refractivity contribution in [1.82, 2.24) is 4.37 Å². The molecule has 1 aromatic heterocycles. The molecule has 1 N–H and O–H groups in total. The summed E-state index contributed by atoms with van der Waals surface area (Å²) in [5.41, 5.74) is 2.58. The Hall–Kier alpha value is -1.09. The first-order chi connectivity index (χ1) is 5.36. The average molecular weight is 163 g/mol. The Labute approximate surface area is 66.3 Å². The Morgan fingerprint density at radius 2 is 2.18 bits per heavy atom. The van der Waals surface area contributed by atoms with E-state index in [1.54, 1.807) is 0 Å². The third-order valence-electron chi connectivity index (χ3n) is 2.18. The van der Waals surface area contributed by atoms with Crippen LogP contribution < -0.4 is 15.3 Å². The number of nitrogens with one attached hydrogen (secondary N) is 1. The number of rotatable bonds is 0. The summed E-state index contributed by atoms with van der Waals surface area (Å²) < 4.78 is 3.90. The molecule has 0 unspecified atom stereocenters. The Balaban J connectivity index is 2.83. The molecule has 2 nitrogen and oxygen atoms in total. The van der Waals surface area contributed by atoms with Crippen LogP contribution in [0, 0.1) is 0 Å². The zero-order valence-electron chi connectivity index (χ0n) is 5.68. The van der Waals surface area contributed by atoms with Gasteiger partial charge >= 0.3 is 0 Å². The van der Waals surface area contributed by atoms with Crippen LogP contribution in [0.3, 0.4) is 0 Å². The van der Waals surface area contributed by atoms with Crippen LogP contribution >= 0.6 is 11.5 Å². The van der Waals surface area contributed by atoms with Crippen LogP contribution in [0.1, 0.15) is 6.42 Å². The summed E-state index contributed by atoms with van der Waals surface area (Å²) in [5, 5.41) is 0.924. The zero-order chi connectivity index (χ0) is 7.42. The Kier molecular flexibility index (Phi) is 0.786. The number of hydrogen-bond acceptors (Lipinski definition) is 2. The van der Waals surface area contributed by atoms with Gasteiger partial charge in [0.2, 0.25) is 0 Å². The third kappa shape index (κ3) is 0.509. The molecular weight excluding hydrogens is 158 g/mol. The summed E-state index contributed by atoms with van der Waals surface area (Å²) in [6.45, 7) is 0. The van der Waals surface area contributed by atoms with Gasteiger partial charge in [0.05, 0.1) is 9.75 Å². The smallest absolute Gasteiger partial charge is 0.266 e. The first-order valence-electron chi connectivity index (χ1n) is 3.48. The van der Waals surface area contributed by atoms with Gasteiger partial charge in [-0.1, -0.05) is 23.7 Å². The molecule has 0 spiro atoms. The molecule has 0 radical (unpaired) electrons. The van der Waals surface area contributed by atoms with Crippen LogP contribution in [0.4, 0.5) is 0 Å². The fraction of sp³-hybridized carbons (Fsp3) is 0.125. The molecule has 0 fully saturated rings. The van der Waals surface area contributed by atoms with Gasteiger partial charge in [-0.3, -0.25) is 9.17 Å². The van der Waals surface area contributed by atoms with Crippen molar-refractivity contribution in [2.75, 3.05) is 0 Å². The Morgan fingerprint density at radius 1 is 1.36 bits per heavy atom. The highest BCUT2D eigenvalue weighted by atomic mass is 32.1. The van der Waals surface area contributed by atoms with Crippen molar-refractivity contribution in [3.8, 4) is 0 Å². The highest BCUT2D eigenvalue weighted by Gasteiger charge is 2.18. The summed E-state index contributed by atoms with van der Waals surface area (Å²) in [6, 6.07) is 0. The van der Waals surface area contributed by atoms with E-state index in [2.05, 4.69) is 10.4 Å². The molecule has 0 atom stereocenters. The van der Waals surface area contributed by atoms with Crippen molar-refractivity contribution in [3.63, 3.8) is 0 Å². The number of fused-ring (bicyclic) bond motifs is 3. The number of aromatic amines is 1. The molecule has 0 aliphatic heterocycles. The van der Waals surface area contributed by atoms with Gasteiger partial charge in [-0.05, 0) is 17.6 Å². The first-order valence-corrected chi connectivity index (χ1v) is 4.30. The van der Waals surface area contributed by atoms with Gasteiger partial charge in [-0.25, -0.2) is 0 Å². The standard InChI is InChI=1S/C8H5NOS/c10-8-6-4-1-2-5(3-4)7(6)11-9-8/h1-2H,3H2,(H,9,10). The number of allylic oxidation sites excluding steroid dienone is 2. The maximum atomic E-state index is 11.2. The van der Waals surface area contributed by atoms with E-state index in [0.717, 1.165) is 16.2 Å². The zero-order valence-corrected chi connectivity index (χ0v) is 6.49. The molecule has 0 aromatic carbocycles. The molecule has 0 amide bonds. The first kappa shape index (κ1) is 5.55. The van der Waals surface area contributed by atoms with Crippen LogP contribution in [0.2, 0.25) is 0 Å². The quantitative estimate of drug-likeness (QED) is 0.560. The summed E-state index contributed by atoms with van der Waals surface area (Å²) in [7, 11) is 0. The summed E-state index contributed by atoms with van der Waals surface area (Å²) in [4.78, 5) is 11.2. The Morgan fingerprint density at radius 3 is 3.00 bits per heavy atom. The Bertz CT molecular complexity index is 529. The molecule has 54 valence electrons. The van der Waals surface area contributed by atoms with E-state index in [9.17, 15) is 4.79 Å². The van der Waals surface area contributed by atoms with Crippen molar-refractivity contribution in [2.45, 2.75) is 6.42 Å². The minimum Gasteiger partial charge on any atom is -0.277 e. The van der Waals surface area contributed by atoms with Gasteiger partial charge in [0, 0.05) is 0 Å². The van der Waals surface area contributed by atoms with E-state index in [1.807, 2.05) is 6.08 Å². The van der Waals surface area contributed by atoms with Crippen LogP contribution in [0.5, 0.6) is 0 Å². The van der Waals surface area contributed by atoms with Crippen molar-refractivity contribution in [1.29, 1.82) is 0 Å². The van der Waals surface area contributed by atoms with E-state index in [1.165, 1.54) is 22.7 Å². The molecule has 11 heavy (non-hydrogen) atoms. The molecule has 1 heterocycles. The SMILES string of the molecule is O=c1[nH]sc2c1=C1C=CC=2C1. The third-order valence-corrected chi connectivity index (χ3v) is 3.14. The maximum Gasteiger partial charge on any atom is 0.266 e. The summed E-state index contributed by atoms with van der Waals surface area (Å²) in [6.07, 6.45) is 5.12. The molecular formula is C8H5NOS. The molecule has 2 aliphatic carbocycles. The lowest BCUT2D eigenvalue weighted by Gasteiger charge is -1.80. The van der Waals surface area contributed by atoms with Crippen LogP contribution in [0.25, 0.3) is 11.1 Å². The van der Waals surface area contributed by atoms with Gasteiger partial charge in [0.15, 0.2) is 0 Å². The normalized spacial score (nSPS) is 18.2. The number of H-pyrrole nitrogens is 1. The van der Waals surface area contributed by atoms with E-state index in [4.69, 9.17) is 0 Å². The summed E-state index contributed by atoms with van der Waals surface area (Å²) >= 11 is 1.46. The fourth-order valence-corrected chi connectivity index (χ4v) is 2.57. The largest absolute Gasteiger partial charge is 0.277 e.